The average Bonchev–Trinajstić information content (AvgIpc) is 2.92. The molecular weight excluding hydrogens is 395 g/mol. The van der Waals surface area contributed by atoms with Gasteiger partial charge in [0.05, 0.1) is 11.3 Å². The van der Waals surface area contributed by atoms with Crippen LogP contribution in [0.5, 0.6) is 0 Å². The zero-order chi connectivity index (χ0) is 19.8. The maximum absolute atomic E-state index is 13.4. The van der Waals surface area contributed by atoms with Gasteiger partial charge in [-0.15, -0.1) is 0 Å². The molecule has 28 heavy (non-hydrogen) atoms. The molecule has 4 rings (SSSR count). The highest BCUT2D eigenvalue weighted by atomic mass is 35.5. The van der Waals surface area contributed by atoms with Crippen molar-refractivity contribution in [1.82, 2.24) is 4.90 Å². The Morgan fingerprint density at radius 2 is 1.64 bits per heavy atom. The second-order valence-corrected chi connectivity index (χ2v) is 8.23. The van der Waals surface area contributed by atoms with Crippen LogP contribution in [0.25, 0.3) is 5.57 Å². The summed E-state index contributed by atoms with van der Waals surface area (Å²) in [6.45, 7) is 3.69. The molecule has 0 aromatic heterocycles. The third kappa shape index (κ3) is 3.43. The molecule has 0 spiro atoms. The van der Waals surface area contributed by atoms with Crippen molar-refractivity contribution < 1.29 is 9.59 Å². The van der Waals surface area contributed by atoms with E-state index in [1.165, 1.54) is 4.90 Å². The summed E-state index contributed by atoms with van der Waals surface area (Å²) < 4.78 is 0. The highest BCUT2D eigenvalue weighted by molar-refractivity contribution is 6.46. The van der Waals surface area contributed by atoms with Gasteiger partial charge in [0.2, 0.25) is 0 Å². The van der Waals surface area contributed by atoms with E-state index >= 15 is 0 Å². The molecule has 0 aliphatic carbocycles. The SMILES string of the molecule is CC1CCCN(C2=C(c3ccccc3)C(=O)N(c3cc(Cl)cc(Cl)c3)C2=O)C1. The first-order valence-corrected chi connectivity index (χ1v) is 10.1. The van der Waals surface area contributed by atoms with Crippen LogP contribution in [0, 0.1) is 5.92 Å². The molecule has 2 aliphatic heterocycles. The van der Waals surface area contributed by atoms with Gasteiger partial charge >= 0.3 is 0 Å². The molecule has 1 saturated heterocycles. The van der Waals surface area contributed by atoms with E-state index < -0.39 is 0 Å². The first kappa shape index (κ1) is 19.0. The Hall–Kier alpha value is -2.30. The van der Waals surface area contributed by atoms with Crippen LogP contribution in [-0.2, 0) is 9.59 Å². The number of hydrogen-bond acceptors (Lipinski definition) is 3. The van der Waals surface area contributed by atoms with E-state index in [0.717, 1.165) is 31.5 Å². The average molecular weight is 415 g/mol. The molecule has 1 unspecified atom stereocenters. The Labute approximate surface area is 174 Å². The zero-order valence-electron chi connectivity index (χ0n) is 15.5. The van der Waals surface area contributed by atoms with Crippen LogP contribution in [0.4, 0.5) is 5.69 Å². The van der Waals surface area contributed by atoms with Crippen LogP contribution in [0.2, 0.25) is 10.0 Å². The molecule has 2 aromatic carbocycles. The molecule has 6 heteroatoms. The lowest BCUT2D eigenvalue weighted by atomic mass is 9.98. The molecule has 1 atom stereocenters. The molecule has 2 heterocycles. The van der Waals surface area contributed by atoms with Crippen LogP contribution in [0.1, 0.15) is 25.3 Å². The standard InChI is InChI=1S/C22H20Cl2N2O2/c1-14-6-5-9-25(13-14)20-19(15-7-3-2-4-8-15)21(27)26(22(20)28)18-11-16(23)10-17(24)12-18/h2-4,7-8,10-12,14H,5-6,9,13H2,1H3. The number of nitrogens with zero attached hydrogens (tertiary/aromatic N) is 2. The van der Waals surface area contributed by atoms with Crippen molar-refractivity contribution in [1.29, 1.82) is 0 Å². The van der Waals surface area contributed by atoms with Crippen LogP contribution in [-0.4, -0.2) is 29.8 Å². The Balaban J connectivity index is 1.84. The summed E-state index contributed by atoms with van der Waals surface area (Å²) in [4.78, 5) is 30.1. The van der Waals surface area contributed by atoms with Gasteiger partial charge in [-0.2, -0.15) is 0 Å². The van der Waals surface area contributed by atoms with Gasteiger partial charge in [-0.1, -0.05) is 60.5 Å². The minimum absolute atomic E-state index is 0.323. The Morgan fingerprint density at radius 1 is 0.964 bits per heavy atom. The lowest BCUT2D eigenvalue weighted by Crippen LogP contribution is -2.39. The number of rotatable bonds is 3. The summed E-state index contributed by atoms with van der Waals surface area (Å²) in [5.74, 6) is -0.199. The summed E-state index contributed by atoms with van der Waals surface area (Å²) in [6, 6.07) is 14.1. The van der Waals surface area contributed by atoms with Crippen molar-refractivity contribution in [3.63, 3.8) is 0 Å². The molecule has 0 bridgehead atoms. The number of carbonyl (C=O) groups is 2. The maximum Gasteiger partial charge on any atom is 0.282 e. The van der Waals surface area contributed by atoms with Crippen LogP contribution in [0.3, 0.4) is 0 Å². The summed E-state index contributed by atoms with van der Waals surface area (Å²) in [5.41, 5.74) is 2.04. The molecule has 0 N–H and O–H groups in total. The van der Waals surface area contributed by atoms with E-state index in [-0.39, 0.29) is 11.8 Å². The van der Waals surface area contributed by atoms with Crippen molar-refractivity contribution in [3.8, 4) is 0 Å². The maximum atomic E-state index is 13.4. The fraction of sp³-hybridized carbons (Fsp3) is 0.273. The van der Waals surface area contributed by atoms with Gasteiger partial charge in [0, 0.05) is 23.1 Å². The molecule has 2 amide bonds. The number of imide groups is 1. The first-order chi connectivity index (χ1) is 13.5. The minimum Gasteiger partial charge on any atom is -0.366 e. The number of amides is 2. The van der Waals surface area contributed by atoms with Crippen LogP contribution >= 0.6 is 23.2 Å². The molecule has 2 aromatic rings. The molecule has 144 valence electrons. The van der Waals surface area contributed by atoms with Crippen molar-refractivity contribution in [2.24, 2.45) is 5.92 Å². The lowest BCUT2D eigenvalue weighted by Gasteiger charge is -2.33. The van der Waals surface area contributed by atoms with E-state index in [4.69, 9.17) is 23.2 Å². The highest BCUT2D eigenvalue weighted by Gasteiger charge is 2.43. The second kappa shape index (κ2) is 7.61. The van der Waals surface area contributed by atoms with Gasteiger partial charge < -0.3 is 4.90 Å². The number of hydrogen-bond donors (Lipinski definition) is 0. The molecule has 0 saturated carbocycles. The van der Waals surface area contributed by atoms with Crippen molar-refractivity contribution in [2.75, 3.05) is 18.0 Å². The summed E-state index contributed by atoms with van der Waals surface area (Å²) in [5, 5.41) is 0.758. The largest absolute Gasteiger partial charge is 0.366 e. The van der Waals surface area contributed by atoms with E-state index in [9.17, 15) is 9.59 Å². The fourth-order valence-electron chi connectivity index (χ4n) is 3.97. The third-order valence-corrected chi connectivity index (χ3v) is 5.64. The van der Waals surface area contributed by atoms with E-state index in [0.29, 0.717) is 32.9 Å². The number of halogens is 2. The van der Waals surface area contributed by atoms with Gasteiger partial charge in [0.25, 0.3) is 11.8 Å². The highest BCUT2D eigenvalue weighted by Crippen LogP contribution is 2.37. The monoisotopic (exact) mass is 414 g/mol. The fourth-order valence-corrected chi connectivity index (χ4v) is 4.49. The second-order valence-electron chi connectivity index (χ2n) is 7.36. The first-order valence-electron chi connectivity index (χ1n) is 9.35. The Morgan fingerprint density at radius 3 is 2.29 bits per heavy atom. The van der Waals surface area contributed by atoms with Crippen molar-refractivity contribution in [2.45, 2.75) is 19.8 Å². The number of likely N-dealkylation sites (tertiary alicyclic amines) is 1. The molecule has 0 radical (unpaired) electrons. The predicted octanol–water partition coefficient (Wildman–Crippen LogP) is 5.01. The Bertz CT molecular complexity index is 952. The smallest absolute Gasteiger partial charge is 0.282 e. The van der Waals surface area contributed by atoms with Gasteiger partial charge in [0.1, 0.15) is 5.70 Å². The summed E-state index contributed by atoms with van der Waals surface area (Å²) in [6.07, 6.45) is 2.12. The quantitative estimate of drug-likeness (QED) is 0.662. The number of anilines is 1. The van der Waals surface area contributed by atoms with Crippen LogP contribution < -0.4 is 4.90 Å². The lowest BCUT2D eigenvalue weighted by molar-refractivity contribution is -0.120. The number of carbonyl (C=O) groups excluding carboxylic acids is 2. The summed E-state index contributed by atoms with van der Waals surface area (Å²) in [7, 11) is 0. The Kier molecular flexibility index (Phi) is 5.17. The van der Waals surface area contributed by atoms with Gasteiger partial charge in [-0.3, -0.25) is 9.59 Å². The van der Waals surface area contributed by atoms with Gasteiger partial charge in [-0.25, -0.2) is 4.90 Å². The van der Waals surface area contributed by atoms with Crippen molar-refractivity contribution >= 4 is 46.3 Å². The van der Waals surface area contributed by atoms with E-state index in [1.54, 1.807) is 18.2 Å². The number of benzene rings is 2. The predicted molar refractivity (Wildman–Crippen MR) is 112 cm³/mol. The van der Waals surface area contributed by atoms with E-state index in [2.05, 4.69) is 11.8 Å². The molecule has 2 aliphatic rings. The topological polar surface area (TPSA) is 40.6 Å². The molecule has 4 nitrogen and oxygen atoms in total. The summed E-state index contributed by atoms with van der Waals surface area (Å²) >= 11 is 12.2. The van der Waals surface area contributed by atoms with Crippen molar-refractivity contribution in [3.05, 3.63) is 69.8 Å². The van der Waals surface area contributed by atoms with Crippen LogP contribution in [0.15, 0.2) is 54.2 Å². The third-order valence-electron chi connectivity index (χ3n) is 5.20. The number of piperidine rings is 1. The molecule has 1 fully saturated rings. The van der Waals surface area contributed by atoms with E-state index in [1.807, 2.05) is 30.3 Å². The van der Waals surface area contributed by atoms with Gasteiger partial charge in [0.15, 0.2) is 0 Å². The van der Waals surface area contributed by atoms with Gasteiger partial charge in [-0.05, 0) is 42.5 Å². The zero-order valence-corrected chi connectivity index (χ0v) is 17.0. The molecular formula is C22H20Cl2N2O2. The normalized spacial score (nSPS) is 20.3. The minimum atomic E-state index is -0.345.